The van der Waals surface area contributed by atoms with E-state index in [0.717, 1.165) is 54.9 Å². The van der Waals surface area contributed by atoms with Crippen LogP contribution in [0.4, 0.5) is 0 Å². The maximum Gasteiger partial charge on any atom is 0.253 e. The van der Waals surface area contributed by atoms with E-state index in [1.165, 1.54) is 18.4 Å². The lowest BCUT2D eigenvalue weighted by molar-refractivity contribution is 0.0765. The van der Waals surface area contributed by atoms with Crippen LogP contribution < -0.4 is 5.32 Å². The molecule has 1 aromatic carbocycles. The predicted octanol–water partition coefficient (Wildman–Crippen LogP) is 3.68. The van der Waals surface area contributed by atoms with Crippen molar-refractivity contribution in [3.05, 3.63) is 59.9 Å². The quantitative estimate of drug-likeness (QED) is 0.850. The smallest absolute Gasteiger partial charge is 0.253 e. The van der Waals surface area contributed by atoms with Gasteiger partial charge in [0.2, 0.25) is 0 Å². The fraction of sp³-hybridized carbons (Fsp3) is 0.375. The van der Waals surface area contributed by atoms with Gasteiger partial charge in [0.05, 0.1) is 0 Å². The Labute approximate surface area is 172 Å². The molecule has 2 aromatic rings. The molecule has 5 nitrogen and oxygen atoms in total. The molecule has 1 aromatic heterocycles. The van der Waals surface area contributed by atoms with Crippen molar-refractivity contribution in [2.24, 2.45) is 10.9 Å². The zero-order valence-electron chi connectivity index (χ0n) is 17.0. The third-order valence-electron chi connectivity index (χ3n) is 5.74. The molecular weight excluding hydrogens is 360 g/mol. The average Bonchev–Trinajstić information content (AvgIpc) is 2.80. The number of dihydropyridines is 1. The Hall–Kier alpha value is -2.79. The van der Waals surface area contributed by atoms with Crippen LogP contribution in [-0.4, -0.2) is 55.2 Å². The molecule has 1 atom stereocenters. The molecule has 1 unspecified atom stereocenters. The van der Waals surface area contributed by atoms with Crippen LogP contribution in [0.1, 0.15) is 35.2 Å². The molecule has 2 aliphatic rings. The van der Waals surface area contributed by atoms with E-state index in [-0.39, 0.29) is 5.91 Å². The molecule has 3 heterocycles. The summed E-state index contributed by atoms with van der Waals surface area (Å²) in [6.45, 7) is 3.73. The molecule has 1 saturated heterocycles. The van der Waals surface area contributed by atoms with Gasteiger partial charge in [0.25, 0.3) is 5.91 Å². The van der Waals surface area contributed by atoms with Crippen LogP contribution in [0.2, 0.25) is 0 Å². The number of aromatic nitrogens is 1. The highest BCUT2D eigenvalue weighted by molar-refractivity contribution is 5.94. The van der Waals surface area contributed by atoms with Crippen molar-refractivity contribution in [3.63, 3.8) is 0 Å². The van der Waals surface area contributed by atoms with Gasteiger partial charge >= 0.3 is 0 Å². The van der Waals surface area contributed by atoms with Crippen LogP contribution in [0, 0.1) is 5.92 Å². The number of hydrogen-bond donors (Lipinski definition) is 1. The standard InChI is InChI=1S/C24H28N4O/c1-28(17-18-3-2-10-26-14-18)24(29)21-6-4-19(5-7-21)22-13-23(16-27-15-22)20-8-11-25-12-9-20/h4-8,11,13,15-16,18,26H,2-3,9-10,12,14,17H2,1H3. The van der Waals surface area contributed by atoms with Crippen molar-refractivity contribution in [1.82, 2.24) is 15.2 Å². The van der Waals surface area contributed by atoms with Crippen LogP contribution in [-0.2, 0) is 0 Å². The monoisotopic (exact) mass is 388 g/mol. The Bertz CT molecular complexity index is 911. The summed E-state index contributed by atoms with van der Waals surface area (Å²) in [5.41, 5.74) is 5.26. The lowest BCUT2D eigenvalue weighted by Gasteiger charge is -2.27. The SMILES string of the molecule is CN(CC1CCCNC1)C(=O)c1ccc(-c2cncc(C3=CC=NCC3)c2)cc1. The van der Waals surface area contributed by atoms with Gasteiger partial charge in [0, 0.05) is 49.9 Å². The third kappa shape index (κ3) is 4.80. The van der Waals surface area contributed by atoms with E-state index in [1.807, 2.05) is 54.8 Å². The van der Waals surface area contributed by atoms with E-state index in [9.17, 15) is 4.79 Å². The second-order valence-corrected chi connectivity index (χ2v) is 7.93. The summed E-state index contributed by atoms with van der Waals surface area (Å²) < 4.78 is 0. The van der Waals surface area contributed by atoms with Crippen LogP contribution in [0.5, 0.6) is 0 Å². The average molecular weight is 389 g/mol. The molecule has 0 radical (unpaired) electrons. The van der Waals surface area contributed by atoms with Gasteiger partial charge in [-0.1, -0.05) is 12.1 Å². The first kappa shape index (κ1) is 19.5. The Morgan fingerprint density at radius 2 is 2.00 bits per heavy atom. The van der Waals surface area contributed by atoms with Gasteiger partial charge in [-0.3, -0.25) is 14.8 Å². The number of piperidine rings is 1. The first-order valence-corrected chi connectivity index (χ1v) is 10.4. The number of hydrogen-bond acceptors (Lipinski definition) is 4. The van der Waals surface area contributed by atoms with E-state index in [0.29, 0.717) is 5.92 Å². The van der Waals surface area contributed by atoms with E-state index in [4.69, 9.17) is 0 Å². The minimum atomic E-state index is 0.0839. The number of benzene rings is 1. The number of nitrogens with one attached hydrogen (secondary N) is 1. The molecule has 29 heavy (non-hydrogen) atoms. The van der Waals surface area contributed by atoms with Gasteiger partial charge in [-0.2, -0.15) is 0 Å². The fourth-order valence-electron chi connectivity index (χ4n) is 4.08. The van der Waals surface area contributed by atoms with Crippen molar-refractivity contribution in [2.75, 3.05) is 33.2 Å². The van der Waals surface area contributed by atoms with E-state index < -0.39 is 0 Å². The molecule has 1 fully saturated rings. The van der Waals surface area contributed by atoms with Gasteiger partial charge in [-0.05, 0) is 79.2 Å². The predicted molar refractivity (Wildman–Crippen MR) is 118 cm³/mol. The molecule has 5 heteroatoms. The number of carbonyl (C=O) groups excluding carboxylic acids is 1. The highest BCUT2D eigenvalue weighted by Crippen LogP contribution is 2.25. The van der Waals surface area contributed by atoms with Crippen LogP contribution in [0.25, 0.3) is 16.7 Å². The zero-order chi connectivity index (χ0) is 20.1. The molecule has 0 bridgehead atoms. The van der Waals surface area contributed by atoms with Crippen molar-refractivity contribution in [3.8, 4) is 11.1 Å². The largest absolute Gasteiger partial charge is 0.341 e. The van der Waals surface area contributed by atoms with Gasteiger partial charge in [-0.25, -0.2) is 0 Å². The Morgan fingerprint density at radius 3 is 2.72 bits per heavy atom. The lowest BCUT2D eigenvalue weighted by atomic mass is 9.98. The summed E-state index contributed by atoms with van der Waals surface area (Å²) in [6.07, 6.45) is 11.0. The number of carbonyl (C=O) groups is 1. The van der Waals surface area contributed by atoms with Crippen molar-refractivity contribution < 1.29 is 4.79 Å². The summed E-state index contributed by atoms with van der Waals surface area (Å²) in [7, 11) is 1.90. The molecule has 0 spiro atoms. The summed E-state index contributed by atoms with van der Waals surface area (Å²) in [5.74, 6) is 0.630. The van der Waals surface area contributed by atoms with E-state index in [1.54, 1.807) is 0 Å². The molecule has 150 valence electrons. The number of nitrogens with zero attached hydrogens (tertiary/aromatic N) is 3. The van der Waals surface area contributed by atoms with Crippen molar-refractivity contribution >= 4 is 17.7 Å². The molecule has 1 N–H and O–H groups in total. The van der Waals surface area contributed by atoms with Crippen LogP contribution >= 0.6 is 0 Å². The maximum atomic E-state index is 12.8. The highest BCUT2D eigenvalue weighted by Gasteiger charge is 2.19. The third-order valence-corrected chi connectivity index (χ3v) is 5.74. The maximum absolute atomic E-state index is 12.8. The molecular formula is C24H28N4O. The number of allylic oxidation sites excluding steroid dienone is 1. The molecule has 0 saturated carbocycles. The normalized spacial score (nSPS) is 18.9. The van der Waals surface area contributed by atoms with Gasteiger partial charge in [0.15, 0.2) is 0 Å². The van der Waals surface area contributed by atoms with Crippen LogP contribution in [0.3, 0.4) is 0 Å². The summed E-state index contributed by atoms with van der Waals surface area (Å²) in [4.78, 5) is 23.3. The number of amides is 1. The second-order valence-electron chi connectivity index (χ2n) is 7.93. The Morgan fingerprint density at radius 1 is 1.17 bits per heavy atom. The first-order valence-electron chi connectivity index (χ1n) is 10.4. The number of aliphatic imine (C=N–C) groups is 1. The minimum absolute atomic E-state index is 0.0839. The lowest BCUT2D eigenvalue weighted by Crippen LogP contribution is -2.39. The number of pyridine rings is 1. The summed E-state index contributed by atoms with van der Waals surface area (Å²) in [6, 6.07) is 10.0. The second kappa shape index (κ2) is 9.14. The Balaban J connectivity index is 1.45. The molecule has 0 aliphatic carbocycles. The highest BCUT2D eigenvalue weighted by atomic mass is 16.2. The number of rotatable bonds is 5. The van der Waals surface area contributed by atoms with Crippen molar-refractivity contribution in [1.29, 1.82) is 0 Å². The Kier molecular flexibility index (Phi) is 6.15. The zero-order valence-corrected chi connectivity index (χ0v) is 17.0. The first-order chi connectivity index (χ1) is 14.2. The van der Waals surface area contributed by atoms with Crippen LogP contribution in [0.15, 0.2) is 53.8 Å². The van der Waals surface area contributed by atoms with Gasteiger partial charge in [-0.15, -0.1) is 0 Å². The van der Waals surface area contributed by atoms with E-state index >= 15 is 0 Å². The molecule has 1 amide bonds. The molecule has 2 aliphatic heterocycles. The topological polar surface area (TPSA) is 57.6 Å². The summed E-state index contributed by atoms with van der Waals surface area (Å²) in [5, 5.41) is 3.42. The fourth-order valence-corrected chi connectivity index (χ4v) is 4.08. The molecule has 4 rings (SSSR count). The van der Waals surface area contributed by atoms with Crippen molar-refractivity contribution in [2.45, 2.75) is 19.3 Å². The van der Waals surface area contributed by atoms with Gasteiger partial charge < -0.3 is 10.2 Å². The van der Waals surface area contributed by atoms with Gasteiger partial charge in [0.1, 0.15) is 0 Å². The van der Waals surface area contributed by atoms with E-state index in [2.05, 4.69) is 27.4 Å². The minimum Gasteiger partial charge on any atom is -0.341 e. The summed E-state index contributed by atoms with van der Waals surface area (Å²) >= 11 is 0.